The van der Waals surface area contributed by atoms with Gasteiger partial charge in [-0.3, -0.25) is 9.59 Å². The van der Waals surface area contributed by atoms with Crippen LogP contribution in [-0.2, 0) is 16.1 Å². The number of hydrogen-bond donors (Lipinski definition) is 1. The Morgan fingerprint density at radius 2 is 1.68 bits per heavy atom. The van der Waals surface area contributed by atoms with E-state index < -0.39 is 0 Å². The van der Waals surface area contributed by atoms with Gasteiger partial charge in [-0.25, -0.2) is 0 Å². The molecule has 4 rings (SSSR count). The van der Waals surface area contributed by atoms with E-state index in [4.69, 9.17) is 9.26 Å². The maximum absolute atomic E-state index is 12.4. The number of benzene rings is 2. The smallest absolute Gasteiger partial charge is 0.325 e. The molecule has 2 aromatic heterocycles. The third-order valence-corrected chi connectivity index (χ3v) is 4.84. The van der Waals surface area contributed by atoms with E-state index in [1.54, 1.807) is 19.1 Å². The normalized spacial score (nSPS) is 10.6. The highest BCUT2D eigenvalue weighted by Gasteiger charge is 2.16. The van der Waals surface area contributed by atoms with Crippen LogP contribution >= 0.6 is 0 Å². The third kappa shape index (κ3) is 4.40. The highest BCUT2D eigenvalue weighted by molar-refractivity contribution is 6.03. The molecule has 0 fully saturated rings. The number of nitrogens with one attached hydrogen (secondary N) is 1. The van der Waals surface area contributed by atoms with Crippen LogP contribution < -0.4 is 5.32 Å². The van der Waals surface area contributed by atoms with Crippen molar-refractivity contribution >= 4 is 17.6 Å². The largest absolute Gasteiger partial charge is 0.468 e. The Morgan fingerprint density at radius 3 is 2.35 bits per heavy atom. The second-order valence-corrected chi connectivity index (χ2v) is 6.99. The van der Waals surface area contributed by atoms with Gasteiger partial charge in [0, 0.05) is 28.7 Å². The second kappa shape index (κ2) is 8.71. The van der Waals surface area contributed by atoms with E-state index in [0.29, 0.717) is 11.4 Å². The van der Waals surface area contributed by atoms with Gasteiger partial charge in [0.15, 0.2) is 5.69 Å². The molecule has 0 bridgehead atoms. The number of amides is 1. The van der Waals surface area contributed by atoms with Gasteiger partial charge in [0.05, 0.1) is 7.11 Å². The molecular formula is C24H21N3O4. The van der Waals surface area contributed by atoms with Crippen LogP contribution in [0.4, 0.5) is 5.69 Å². The van der Waals surface area contributed by atoms with Crippen LogP contribution in [0.15, 0.2) is 77.3 Å². The van der Waals surface area contributed by atoms with Gasteiger partial charge in [0.1, 0.15) is 12.3 Å². The zero-order valence-electron chi connectivity index (χ0n) is 17.2. The fourth-order valence-electron chi connectivity index (χ4n) is 3.37. The van der Waals surface area contributed by atoms with Crippen molar-refractivity contribution in [3.05, 3.63) is 84.3 Å². The standard InChI is InChI=1S/C24H21N3O4/c1-16-13-20(26-31-16)24(29)25-19-10-6-9-18(14-19)22-12-11-21(17-7-4-3-5-8-17)27(22)15-23(28)30-2/h3-14H,15H2,1-2H3,(H,25,29). The average Bonchev–Trinajstić information content (AvgIpc) is 3.41. The van der Waals surface area contributed by atoms with Gasteiger partial charge in [-0.2, -0.15) is 0 Å². The number of rotatable bonds is 6. The highest BCUT2D eigenvalue weighted by Crippen LogP contribution is 2.30. The number of ether oxygens (including phenoxy) is 1. The molecule has 0 unspecified atom stereocenters. The van der Waals surface area contributed by atoms with Gasteiger partial charge >= 0.3 is 5.97 Å². The van der Waals surface area contributed by atoms with Gasteiger partial charge in [0.25, 0.3) is 5.91 Å². The molecule has 7 nitrogen and oxygen atoms in total. The lowest BCUT2D eigenvalue weighted by Crippen LogP contribution is -2.14. The van der Waals surface area contributed by atoms with E-state index in [-0.39, 0.29) is 24.1 Å². The van der Waals surface area contributed by atoms with Crippen LogP contribution in [0, 0.1) is 6.92 Å². The fourth-order valence-corrected chi connectivity index (χ4v) is 3.37. The summed E-state index contributed by atoms with van der Waals surface area (Å²) in [5.41, 5.74) is 4.38. The summed E-state index contributed by atoms with van der Waals surface area (Å²) in [7, 11) is 1.37. The monoisotopic (exact) mass is 415 g/mol. The number of anilines is 1. The van der Waals surface area contributed by atoms with E-state index in [1.807, 2.05) is 65.2 Å². The lowest BCUT2D eigenvalue weighted by Gasteiger charge is -2.14. The first-order valence-electron chi connectivity index (χ1n) is 9.72. The summed E-state index contributed by atoms with van der Waals surface area (Å²) in [6.45, 7) is 1.79. The predicted molar refractivity (Wildman–Crippen MR) is 117 cm³/mol. The molecule has 0 spiro atoms. The van der Waals surface area contributed by atoms with Crippen molar-refractivity contribution in [1.29, 1.82) is 0 Å². The van der Waals surface area contributed by atoms with E-state index in [2.05, 4.69) is 10.5 Å². The molecule has 4 aromatic rings. The van der Waals surface area contributed by atoms with Crippen LogP contribution in [0.25, 0.3) is 22.5 Å². The molecule has 0 saturated carbocycles. The van der Waals surface area contributed by atoms with E-state index in [0.717, 1.165) is 22.5 Å². The number of nitrogens with zero attached hydrogens (tertiary/aromatic N) is 2. The van der Waals surface area contributed by atoms with Gasteiger partial charge in [-0.1, -0.05) is 47.6 Å². The Kier molecular flexibility index (Phi) is 5.66. The second-order valence-electron chi connectivity index (χ2n) is 6.99. The van der Waals surface area contributed by atoms with E-state index >= 15 is 0 Å². The summed E-state index contributed by atoms with van der Waals surface area (Å²) in [6, 6.07) is 22.7. The van der Waals surface area contributed by atoms with E-state index in [9.17, 15) is 9.59 Å². The minimum absolute atomic E-state index is 0.0673. The first-order valence-corrected chi connectivity index (χ1v) is 9.72. The zero-order valence-corrected chi connectivity index (χ0v) is 17.2. The Bertz CT molecular complexity index is 1220. The van der Waals surface area contributed by atoms with Gasteiger partial charge in [-0.05, 0) is 36.8 Å². The summed E-state index contributed by atoms with van der Waals surface area (Å²) < 4.78 is 11.8. The van der Waals surface area contributed by atoms with E-state index in [1.165, 1.54) is 7.11 Å². The van der Waals surface area contributed by atoms with Crippen LogP contribution in [0.1, 0.15) is 16.2 Å². The molecule has 0 radical (unpaired) electrons. The number of aromatic nitrogens is 2. The van der Waals surface area contributed by atoms with Crippen molar-refractivity contribution in [2.45, 2.75) is 13.5 Å². The lowest BCUT2D eigenvalue weighted by atomic mass is 10.1. The Morgan fingerprint density at radius 1 is 0.968 bits per heavy atom. The van der Waals surface area contributed by atoms with Crippen molar-refractivity contribution in [2.24, 2.45) is 0 Å². The SMILES string of the molecule is COC(=O)Cn1c(-c2ccccc2)ccc1-c1cccc(NC(=O)c2cc(C)on2)c1. The molecule has 1 amide bonds. The van der Waals surface area contributed by atoms with Crippen molar-refractivity contribution in [3.8, 4) is 22.5 Å². The number of carbonyl (C=O) groups excluding carboxylic acids is 2. The van der Waals surface area contributed by atoms with Gasteiger partial charge in [0.2, 0.25) is 0 Å². The third-order valence-electron chi connectivity index (χ3n) is 4.84. The first kappa shape index (κ1) is 20.2. The van der Waals surface area contributed by atoms with Crippen LogP contribution in [0.3, 0.4) is 0 Å². The number of methoxy groups -OCH3 is 1. The maximum atomic E-state index is 12.4. The van der Waals surface area contributed by atoms with Crippen LogP contribution in [0.2, 0.25) is 0 Å². The summed E-state index contributed by atoms with van der Waals surface area (Å²) >= 11 is 0. The fraction of sp³-hybridized carbons (Fsp3) is 0.125. The minimum Gasteiger partial charge on any atom is -0.468 e. The van der Waals surface area contributed by atoms with Gasteiger partial charge in [-0.15, -0.1) is 0 Å². The first-order chi connectivity index (χ1) is 15.0. The molecule has 156 valence electrons. The highest BCUT2D eigenvalue weighted by atomic mass is 16.5. The Hall–Kier alpha value is -4.13. The number of esters is 1. The molecule has 0 saturated heterocycles. The van der Waals surface area contributed by atoms with Gasteiger partial charge < -0.3 is 19.1 Å². The lowest BCUT2D eigenvalue weighted by molar-refractivity contribution is -0.141. The minimum atomic E-state index is -0.357. The Labute approximate surface area is 179 Å². The molecule has 0 aliphatic carbocycles. The van der Waals surface area contributed by atoms with Crippen LogP contribution in [0.5, 0.6) is 0 Å². The Balaban J connectivity index is 1.69. The predicted octanol–water partition coefficient (Wildman–Crippen LogP) is 4.54. The molecule has 2 heterocycles. The molecule has 0 aliphatic rings. The molecule has 2 aromatic carbocycles. The summed E-state index contributed by atoms with van der Waals surface area (Å²) in [5.74, 6) is -0.141. The molecule has 7 heteroatoms. The molecule has 0 aliphatic heterocycles. The maximum Gasteiger partial charge on any atom is 0.325 e. The number of aryl methyl sites for hydroxylation is 1. The molecule has 31 heavy (non-hydrogen) atoms. The summed E-state index contributed by atoms with van der Waals surface area (Å²) in [4.78, 5) is 24.5. The van der Waals surface area contributed by atoms with Crippen molar-refractivity contribution in [1.82, 2.24) is 9.72 Å². The average molecular weight is 415 g/mol. The quantitative estimate of drug-likeness (QED) is 0.467. The van der Waals surface area contributed by atoms with Crippen molar-refractivity contribution < 1.29 is 18.8 Å². The molecule has 0 atom stereocenters. The summed E-state index contributed by atoms with van der Waals surface area (Å²) in [5, 5.41) is 6.57. The summed E-state index contributed by atoms with van der Waals surface area (Å²) in [6.07, 6.45) is 0. The molecule has 1 N–H and O–H groups in total. The zero-order chi connectivity index (χ0) is 21.8. The number of hydrogen-bond acceptors (Lipinski definition) is 5. The topological polar surface area (TPSA) is 86.4 Å². The van der Waals surface area contributed by atoms with Crippen molar-refractivity contribution in [3.63, 3.8) is 0 Å². The van der Waals surface area contributed by atoms with Crippen LogP contribution in [-0.4, -0.2) is 28.7 Å². The molecular weight excluding hydrogens is 394 g/mol. The van der Waals surface area contributed by atoms with Crippen molar-refractivity contribution in [2.75, 3.05) is 12.4 Å². The number of carbonyl (C=O) groups is 2.